The van der Waals surface area contributed by atoms with Crippen LogP contribution in [0.15, 0.2) is 46.9 Å². The van der Waals surface area contributed by atoms with E-state index in [0.717, 1.165) is 24.2 Å². The van der Waals surface area contributed by atoms with Gasteiger partial charge in [0.25, 0.3) is 5.91 Å². The third-order valence-electron chi connectivity index (χ3n) is 4.24. The second-order valence-corrected chi connectivity index (χ2v) is 6.39. The van der Waals surface area contributed by atoms with Crippen LogP contribution in [-0.4, -0.2) is 36.4 Å². The highest BCUT2D eigenvalue weighted by Gasteiger charge is 2.15. The summed E-state index contributed by atoms with van der Waals surface area (Å²) in [7, 11) is 1.53. The number of carbonyl (C=O) groups is 1. The molecule has 0 aliphatic rings. The second kappa shape index (κ2) is 10.3. The van der Waals surface area contributed by atoms with Crippen LogP contribution in [0.2, 0.25) is 0 Å². The Hall–Kier alpha value is -3.55. The highest BCUT2D eigenvalue weighted by molar-refractivity contribution is 6.03. The Kier molecular flexibility index (Phi) is 7.26. The molecule has 30 heavy (non-hydrogen) atoms. The molecule has 0 saturated carbocycles. The fourth-order valence-corrected chi connectivity index (χ4v) is 2.67. The minimum absolute atomic E-state index is 0.00567. The lowest BCUT2D eigenvalue weighted by Crippen LogP contribution is -2.12. The number of unbranched alkanes of at least 4 members (excludes halogenated alkanes) is 1. The van der Waals surface area contributed by atoms with Crippen LogP contribution < -0.4 is 19.5 Å². The van der Waals surface area contributed by atoms with Crippen molar-refractivity contribution in [2.45, 2.75) is 26.7 Å². The molecule has 0 aliphatic heterocycles. The van der Waals surface area contributed by atoms with E-state index < -0.39 is 5.91 Å². The first kappa shape index (κ1) is 21.2. The Bertz CT molecular complexity index is 969. The predicted molar refractivity (Wildman–Crippen MR) is 112 cm³/mol. The molecule has 0 atom stereocenters. The van der Waals surface area contributed by atoms with Crippen LogP contribution in [0.3, 0.4) is 0 Å². The van der Waals surface area contributed by atoms with Crippen LogP contribution in [0.25, 0.3) is 11.5 Å². The highest BCUT2D eigenvalue weighted by atomic mass is 16.5. The Labute approximate surface area is 175 Å². The molecule has 0 unspecified atom stereocenters. The van der Waals surface area contributed by atoms with Crippen molar-refractivity contribution in [1.29, 1.82) is 0 Å². The third-order valence-corrected chi connectivity index (χ3v) is 4.24. The van der Waals surface area contributed by atoms with Gasteiger partial charge in [-0.15, -0.1) is 5.10 Å². The topological polar surface area (TPSA) is 95.7 Å². The first-order valence-corrected chi connectivity index (χ1v) is 9.83. The van der Waals surface area contributed by atoms with Crippen LogP contribution in [0.4, 0.5) is 6.01 Å². The maximum absolute atomic E-state index is 12.6. The average Bonchev–Trinajstić information content (AvgIpc) is 3.23. The van der Waals surface area contributed by atoms with Gasteiger partial charge >= 0.3 is 6.01 Å². The third kappa shape index (κ3) is 5.28. The van der Waals surface area contributed by atoms with Gasteiger partial charge in [0.05, 0.1) is 20.3 Å². The summed E-state index contributed by atoms with van der Waals surface area (Å²) in [6.45, 7) is 5.19. The quantitative estimate of drug-likeness (QED) is 0.488. The smallest absolute Gasteiger partial charge is 0.322 e. The number of anilines is 1. The molecule has 8 heteroatoms. The van der Waals surface area contributed by atoms with Crippen molar-refractivity contribution in [1.82, 2.24) is 10.2 Å². The fraction of sp³-hybridized carbons (Fsp3) is 0.318. The van der Waals surface area contributed by atoms with E-state index in [9.17, 15) is 4.79 Å². The number of aromatic nitrogens is 2. The van der Waals surface area contributed by atoms with Gasteiger partial charge in [-0.25, -0.2) is 0 Å². The molecule has 0 aliphatic carbocycles. The number of nitrogens with zero attached hydrogens (tertiary/aromatic N) is 2. The first-order valence-electron chi connectivity index (χ1n) is 9.83. The molecule has 3 rings (SSSR count). The number of hydrogen-bond donors (Lipinski definition) is 1. The lowest BCUT2D eigenvalue weighted by atomic mass is 10.2. The Morgan fingerprint density at radius 1 is 1.03 bits per heavy atom. The van der Waals surface area contributed by atoms with Crippen LogP contribution in [0.1, 0.15) is 37.0 Å². The first-order chi connectivity index (χ1) is 14.6. The van der Waals surface area contributed by atoms with E-state index in [0.29, 0.717) is 36.2 Å². The van der Waals surface area contributed by atoms with Crippen LogP contribution in [-0.2, 0) is 0 Å². The summed E-state index contributed by atoms with van der Waals surface area (Å²) >= 11 is 0. The second-order valence-electron chi connectivity index (χ2n) is 6.39. The number of hydrogen-bond acceptors (Lipinski definition) is 7. The van der Waals surface area contributed by atoms with E-state index in [4.69, 9.17) is 18.6 Å². The van der Waals surface area contributed by atoms with E-state index in [1.54, 1.807) is 18.2 Å². The van der Waals surface area contributed by atoms with Crippen LogP contribution >= 0.6 is 0 Å². The molecule has 1 N–H and O–H groups in total. The summed E-state index contributed by atoms with van der Waals surface area (Å²) in [5.74, 6) is 1.74. The van der Waals surface area contributed by atoms with Crippen molar-refractivity contribution in [3.05, 3.63) is 48.0 Å². The number of rotatable bonds is 10. The predicted octanol–water partition coefficient (Wildman–Crippen LogP) is 4.58. The van der Waals surface area contributed by atoms with Gasteiger partial charge < -0.3 is 18.6 Å². The van der Waals surface area contributed by atoms with Crippen LogP contribution in [0, 0.1) is 0 Å². The molecule has 8 nitrogen and oxygen atoms in total. The molecule has 0 radical (unpaired) electrons. The summed E-state index contributed by atoms with van der Waals surface area (Å²) in [4.78, 5) is 12.6. The van der Waals surface area contributed by atoms with Crippen molar-refractivity contribution in [2.24, 2.45) is 0 Å². The van der Waals surface area contributed by atoms with E-state index in [-0.39, 0.29) is 6.01 Å². The zero-order valence-corrected chi connectivity index (χ0v) is 17.3. The van der Waals surface area contributed by atoms with Gasteiger partial charge in [0.2, 0.25) is 5.89 Å². The molecule has 1 heterocycles. The van der Waals surface area contributed by atoms with Gasteiger partial charge in [0.1, 0.15) is 5.75 Å². The van der Waals surface area contributed by atoms with Crippen molar-refractivity contribution < 1.29 is 23.4 Å². The Morgan fingerprint density at radius 2 is 1.83 bits per heavy atom. The summed E-state index contributed by atoms with van der Waals surface area (Å²) in [6, 6.07) is 12.2. The van der Waals surface area contributed by atoms with Gasteiger partial charge in [-0.3, -0.25) is 10.1 Å². The molecule has 2 aromatic carbocycles. The molecule has 0 fully saturated rings. The minimum Gasteiger partial charge on any atom is -0.494 e. The number of ether oxygens (including phenoxy) is 3. The lowest BCUT2D eigenvalue weighted by Gasteiger charge is -2.11. The highest BCUT2D eigenvalue weighted by Crippen LogP contribution is 2.29. The van der Waals surface area contributed by atoms with Crippen molar-refractivity contribution in [2.75, 3.05) is 25.6 Å². The number of nitrogens with one attached hydrogen (secondary N) is 1. The van der Waals surface area contributed by atoms with Crippen molar-refractivity contribution in [3.63, 3.8) is 0 Å². The monoisotopic (exact) mass is 411 g/mol. The molecule has 1 aromatic heterocycles. The molecular weight excluding hydrogens is 386 g/mol. The minimum atomic E-state index is -0.393. The standard InChI is InChI=1S/C22H25N3O5/c1-4-6-13-29-18-12-9-16(14-19(18)27-3)20(26)23-22-25-24-21(30-22)15-7-10-17(11-8-15)28-5-2/h7-12,14H,4-6,13H2,1-3H3,(H,23,25,26). The molecule has 158 valence electrons. The number of benzene rings is 2. The Morgan fingerprint density at radius 3 is 2.53 bits per heavy atom. The van der Waals surface area contributed by atoms with Gasteiger partial charge in [-0.05, 0) is 55.8 Å². The molecule has 0 spiro atoms. The number of methoxy groups -OCH3 is 1. The maximum Gasteiger partial charge on any atom is 0.322 e. The van der Waals surface area contributed by atoms with E-state index >= 15 is 0 Å². The molecule has 0 saturated heterocycles. The van der Waals surface area contributed by atoms with Crippen LogP contribution in [0.5, 0.6) is 17.2 Å². The normalized spacial score (nSPS) is 10.5. The van der Waals surface area contributed by atoms with Gasteiger partial charge in [0.15, 0.2) is 11.5 Å². The summed E-state index contributed by atoms with van der Waals surface area (Å²) in [5.41, 5.74) is 1.11. The summed E-state index contributed by atoms with van der Waals surface area (Å²) in [5, 5.41) is 10.5. The summed E-state index contributed by atoms with van der Waals surface area (Å²) < 4.78 is 22.0. The summed E-state index contributed by atoms with van der Waals surface area (Å²) in [6.07, 6.45) is 1.98. The van der Waals surface area contributed by atoms with Gasteiger partial charge in [0, 0.05) is 11.1 Å². The Balaban J connectivity index is 1.67. The largest absolute Gasteiger partial charge is 0.494 e. The van der Waals surface area contributed by atoms with Crippen molar-refractivity contribution >= 4 is 11.9 Å². The average molecular weight is 411 g/mol. The lowest BCUT2D eigenvalue weighted by molar-refractivity contribution is 0.102. The number of carbonyl (C=O) groups excluding carboxylic acids is 1. The zero-order chi connectivity index (χ0) is 21.3. The zero-order valence-electron chi connectivity index (χ0n) is 17.3. The van der Waals surface area contributed by atoms with Gasteiger partial charge in [-0.2, -0.15) is 0 Å². The fourth-order valence-electron chi connectivity index (χ4n) is 2.67. The molecule has 1 amide bonds. The van der Waals surface area contributed by atoms with E-state index in [2.05, 4.69) is 22.4 Å². The molecular formula is C22H25N3O5. The van der Waals surface area contributed by atoms with Gasteiger partial charge in [-0.1, -0.05) is 18.4 Å². The van der Waals surface area contributed by atoms with E-state index in [1.807, 2.05) is 31.2 Å². The van der Waals surface area contributed by atoms with Crippen molar-refractivity contribution in [3.8, 4) is 28.7 Å². The molecule has 0 bridgehead atoms. The number of amides is 1. The van der Waals surface area contributed by atoms with E-state index in [1.165, 1.54) is 7.11 Å². The molecule has 3 aromatic rings. The maximum atomic E-state index is 12.6. The SMILES string of the molecule is CCCCOc1ccc(C(=O)Nc2nnc(-c3ccc(OCC)cc3)o2)cc1OC.